The van der Waals surface area contributed by atoms with E-state index in [0.29, 0.717) is 22.0 Å². The van der Waals surface area contributed by atoms with Crippen molar-refractivity contribution < 1.29 is 4.39 Å². The van der Waals surface area contributed by atoms with E-state index in [-0.39, 0.29) is 16.6 Å². The molecule has 0 bridgehead atoms. The van der Waals surface area contributed by atoms with E-state index < -0.39 is 0 Å². The summed E-state index contributed by atoms with van der Waals surface area (Å²) >= 11 is 2.94. The number of halogens is 1. The molecule has 0 radical (unpaired) electrons. The Labute approximate surface area is 135 Å². The molecule has 3 rings (SSSR count). The molecule has 0 N–H and O–H groups in total. The van der Waals surface area contributed by atoms with Crippen molar-refractivity contribution in [2.24, 2.45) is 0 Å². The van der Waals surface area contributed by atoms with Gasteiger partial charge in [-0.25, -0.2) is 9.37 Å². The van der Waals surface area contributed by atoms with Crippen LogP contribution in [0.25, 0.3) is 4.96 Å². The van der Waals surface area contributed by atoms with Crippen LogP contribution in [0.2, 0.25) is 0 Å². The molecule has 2 heterocycles. The van der Waals surface area contributed by atoms with Crippen molar-refractivity contribution in [3.8, 4) is 0 Å². The maximum Gasteiger partial charge on any atom is 0.275 e. The van der Waals surface area contributed by atoms with Crippen molar-refractivity contribution >= 4 is 28.1 Å². The van der Waals surface area contributed by atoms with Crippen molar-refractivity contribution in [3.63, 3.8) is 0 Å². The lowest BCUT2D eigenvalue weighted by Gasteiger charge is -2.12. The summed E-state index contributed by atoms with van der Waals surface area (Å²) in [6, 6.07) is 8.24. The molecule has 4 nitrogen and oxygen atoms in total. The quantitative estimate of drug-likeness (QED) is 0.731. The number of rotatable bonds is 4. The van der Waals surface area contributed by atoms with Crippen LogP contribution >= 0.6 is 23.1 Å². The zero-order valence-electron chi connectivity index (χ0n) is 12.1. The summed E-state index contributed by atoms with van der Waals surface area (Å²) in [4.78, 5) is 17.0. The summed E-state index contributed by atoms with van der Waals surface area (Å²) in [5.41, 5.74) is 1.18. The van der Waals surface area contributed by atoms with Crippen molar-refractivity contribution in [2.75, 3.05) is 0 Å². The van der Waals surface area contributed by atoms with Crippen LogP contribution in [0.3, 0.4) is 0 Å². The van der Waals surface area contributed by atoms with Crippen LogP contribution in [0.15, 0.2) is 35.1 Å². The number of fused-ring (bicyclic) bond motifs is 1. The smallest absolute Gasteiger partial charge is 0.267 e. The van der Waals surface area contributed by atoms with E-state index in [0.717, 1.165) is 5.01 Å². The summed E-state index contributed by atoms with van der Waals surface area (Å²) in [6.07, 6.45) is 0. The van der Waals surface area contributed by atoms with Crippen molar-refractivity contribution in [1.82, 2.24) is 14.6 Å². The van der Waals surface area contributed by atoms with Gasteiger partial charge in [0.2, 0.25) is 4.96 Å². The molecule has 0 saturated heterocycles. The van der Waals surface area contributed by atoms with Gasteiger partial charge in [0.25, 0.3) is 5.56 Å². The van der Waals surface area contributed by atoms with Crippen LogP contribution in [0.4, 0.5) is 4.39 Å². The summed E-state index contributed by atoms with van der Waals surface area (Å²) in [5, 5.41) is 4.90. The first-order chi connectivity index (χ1) is 10.5. The van der Waals surface area contributed by atoms with Gasteiger partial charge in [-0.15, -0.1) is 11.8 Å². The second-order valence-electron chi connectivity index (χ2n) is 4.88. The van der Waals surface area contributed by atoms with E-state index in [4.69, 9.17) is 0 Å². The van der Waals surface area contributed by atoms with Crippen molar-refractivity contribution in [3.05, 3.63) is 62.8 Å². The number of benzene rings is 1. The van der Waals surface area contributed by atoms with Gasteiger partial charge in [0.1, 0.15) is 10.8 Å². The zero-order valence-corrected chi connectivity index (χ0v) is 13.7. The van der Waals surface area contributed by atoms with E-state index in [1.54, 1.807) is 23.9 Å². The number of nitrogens with zero attached hydrogens (tertiary/aromatic N) is 3. The third-order valence-electron chi connectivity index (χ3n) is 3.22. The fourth-order valence-corrected chi connectivity index (χ4v) is 3.84. The molecule has 0 amide bonds. The Morgan fingerprint density at radius 2 is 2.18 bits per heavy atom. The van der Waals surface area contributed by atoms with Gasteiger partial charge >= 0.3 is 0 Å². The summed E-state index contributed by atoms with van der Waals surface area (Å²) < 4.78 is 15.1. The molecule has 7 heteroatoms. The molecule has 1 aromatic carbocycles. The SMILES string of the molecule is Cc1nn2c(=O)cc(CS[C@H](C)c3ccccc3F)nc2s1. The Morgan fingerprint density at radius 3 is 2.95 bits per heavy atom. The van der Waals surface area contributed by atoms with Gasteiger partial charge in [0, 0.05) is 22.6 Å². The van der Waals surface area contributed by atoms with Gasteiger partial charge in [-0.05, 0) is 19.9 Å². The highest BCUT2D eigenvalue weighted by atomic mass is 32.2. The highest BCUT2D eigenvalue weighted by Crippen LogP contribution is 2.31. The van der Waals surface area contributed by atoms with E-state index in [1.807, 2.05) is 19.9 Å². The van der Waals surface area contributed by atoms with E-state index in [2.05, 4.69) is 10.1 Å². The first-order valence-corrected chi connectivity index (χ1v) is 8.63. The minimum absolute atomic E-state index is 0.00958. The summed E-state index contributed by atoms with van der Waals surface area (Å²) in [6.45, 7) is 3.79. The predicted octanol–water partition coefficient (Wildman–Crippen LogP) is 3.59. The van der Waals surface area contributed by atoms with Crippen LogP contribution < -0.4 is 5.56 Å². The molecule has 0 unspecified atom stereocenters. The van der Waals surface area contributed by atoms with Gasteiger partial charge in [-0.3, -0.25) is 4.79 Å². The molecule has 0 spiro atoms. The maximum absolute atomic E-state index is 13.8. The molecule has 2 aromatic heterocycles. The van der Waals surface area contributed by atoms with Gasteiger partial charge in [-0.2, -0.15) is 9.61 Å². The summed E-state index contributed by atoms with van der Waals surface area (Å²) in [5.74, 6) is 0.349. The van der Waals surface area contributed by atoms with Gasteiger partial charge in [0.05, 0.1) is 5.69 Å². The standard InChI is InChI=1S/C15H14FN3OS2/c1-9(12-5-3-4-6-13(12)16)21-8-11-7-14(20)19-15(17-11)22-10(2)18-19/h3-7,9H,8H2,1-2H3/t9-/m1/s1. The summed E-state index contributed by atoms with van der Waals surface area (Å²) in [7, 11) is 0. The maximum atomic E-state index is 13.8. The molecule has 3 aromatic rings. The molecular weight excluding hydrogens is 321 g/mol. The fourth-order valence-electron chi connectivity index (χ4n) is 2.13. The van der Waals surface area contributed by atoms with E-state index in [9.17, 15) is 9.18 Å². The second-order valence-corrected chi connectivity index (χ2v) is 7.37. The Kier molecular flexibility index (Phi) is 4.26. The minimum Gasteiger partial charge on any atom is -0.267 e. The molecule has 0 saturated carbocycles. The Hall–Kier alpha value is -1.73. The lowest BCUT2D eigenvalue weighted by Crippen LogP contribution is -2.15. The Balaban J connectivity index is 1.79. The molecule has 0 aliphatic heterocycles. The molecule has 0 aliphatic rings. The molecular formula is C15H14FN3OS2. The number of aryl methyl sites for hydroxylation is 1. The number of hydrogen-bond acceptors (Lipinski definition) is 5. The van der Waals surface area contributed by atoms with Crippen LogP contribution in [0, 0.1) is 12.7 Å². The van der Waals surface area contributed by atoms with Gasteiger partial charge < -0.3 is 0 Å². The lowest BCUT2D eigenvalue weighted by atomic mass is 10.1. The average molecular weight is 335 g/mol. The monoisotopic (exact) mass is 335 g/mol. The molecule has 114 valence electrons. The zero-order chi connectivity index (χ0) is 15.7. The third kappa shape index (κ3) is 3.05. The lowest BCUT2D eigenvalue weighted by molar-refractivity contribution is 0.611. The molecule has 1 atom stereocenters. The fraction of sp³-hybridized carbons (Fsp3) is 0.267. The normalized spacial score (nSPS) is 12.7. The van der Waals surface area contributed by atoms with Crippen LogP contribution in [-0.2, 0) is 5.75 Å². The average Bonchev–Trinajstić information content (AvgIpc) is 2.86. The van der Waals surface area contributed by atoms with Gasteiger partial charge in [-0.1, -0.05) is 29.5 Å². The number of thioether (sulfide) groups is 1. The van der Waals surface area contributed by atoms with E-state index >= 15 is 0 Å². The topological polar surface area (TPSA) is 47.3 Å². The van der Waals surface area contributed by atoms with Gasteiger partial charge in [0.15, 0.2) is 0 Å². The highest BCUT2D eigenvalue weighted by Gasteiger charge is 2.12. The molecule has 0 aliphatic carbocycles. The number of aromatic nitrogens is 3. The minimum atomic E-state index is -0.205. The van der Waals surface area contributed by atoms with Crippen molar-refractivity contribution in [2.45, 2.75) is 24.9 Å². The number of hydrogen-bond donors (Lipinski definition) is 0. The first-order valence-electron chi connectivity index (χ1n) is 6.77. The van der Waals surface area contributed by atoms with Crippen LogP contribution in [-0.4, -0.2) is 14.6 Å². The third-order valence-corrected chi connectivity index (χ3v) is 5.26. The second kappa shape index (κ2) is 6.18. The highest BCUT2D eigenvalue weighted by molar-refractivity contribution is 7.98. The Morgan fingerprint density at radius 1 is 1.41 bits per heavy atom. The van der Waals surface area contributed by atoms with Crippen LogP contribution in [0.5, 0.6) is 0 Å². The molecule has 22 heavy (non-hydrogen) atoms. The first kappa shape index (κ1) is 15.2. The molecule has 0 fully saturated rings. The van der Waals surface area contributed by atoms with E-state index in [1.165, 1.54) is 28.0 Å². The van der Waals surface area contributed by atoms with Crippen LogP contribution in [0.1, 0.15) is 28.4 Å². The largest absolute Gasteiger partial charge is 0.275 e. The predicted molar refractivity (Wildman–Crippen MR) is 88.0 cm³/mol. The van der Waals surface area contributed by atoms with Crippen molar-refractivity contribution in [1.29, 1.82) is 0 Å². The Bertz CT molecular complexity index is 875.